The fourth-order valence-corrected chi connectivity index (χ4v) is 2.48. The molecule has 1 amide bonds. The quantitative estimate of drug-likeness (QED) is 0.723. The molecule has 0 saturated heterocycles. The van der Waals surface area contributed by atoms with Gasteiger partial charge in [0.1, 0.15) is 5.82 Å². The van der Waals surface area contributed by atoms with E-state index in [1.165, 1.54) is 33.5 Å². The van der Waals surface area contributed by atoms with Crippen LogP contribution in [0.4, 0.5) is 15.8 Å². The summed E-state index contributed by atoms with van der Waals surface area (Å²) in [5.74, 6) is 0.641. The smallest absolute Gasteiger partial charge is 0.226 e. The molecular weight excluding hydrogens is 363 g/mol. The first-order chi connectivity index (χ1) is 12.5. The topological polar surface area (TPSA) is 68.8 Å². The molecule has 0 aliphatic rings. The second kappa shape index (κ2) is 9.15. The fraction of sp³-hybridized carbons (Fsp3) is 0.278. The lowest BCUT2D eigenvalue weighted by Crippen LogP contribution is -2.16. The van der Waals surface area contributed by atoms with Crippen molar-refractivity contribution in [3.8, 4) is 17.2 Å². The highest BCUT2D eigenvalue weighted by Gasteiger charge is 2.14. The Hall–Kier alpha value is -2.67. The zero-order valence-corrected chi connectivity index (χ0v) is 15.4. The van der Waals surface area contributed by atoms with Crippen molar-refractivity contribution in [2.75, 3.05) is 38.5 Å². The molecular formula is C18H20ClFN2O4. The van der Waals surface area contributed by atoms with Crippen LogP contribution >= 0.6 is 11.6 Å². The number of carbonyl (C=O) groups is 1. The van der Waals surface area contributed by atoms with Crippen LogP contribution in [0.2, 0.25) is 5.02 Å². The third-order valence-electron chi connectivity index (χ3n) is 3.55. The molecule has 2 aromatic rings. The summed E-state index contributed by atoms with van der Waals surface area (Å²) in [5, 5.41) is 5.81. The number of anilines is 2. The van der Waals surface area contributed by atoms with Crippen LogP contribution in [0.5, 0.6) is 17.2 Å². The number of ether oxygens (including phenoxy) is 3. The highest BCUT2D eigenvalue weighted by Crippen LogP contribution is 2.39. The van der Waals surface area contributed by atoms with Gasteiger partial charge in [-0.2, -0.15) is 0 Å². The Kier molecular flexibility index (Phi) is 6.91. The van der Waals surface area contributed by atoms with Crippen LogP contribution in [0.3, 0.4) is 0 Å². The molecule has 8 heteroatoms. The van der Waals surface area contributed by atoms with E-state index in [2.05, 4.69) is 10.6 Å². The molecule has 0 radical (unpaired) electrons. The van der Waals surface area contributed by atoms with Crippen LogP contribution in [0.1, 0.15) is 6.42 Å². The van der Waals surface area contributed by atoms with Gasteiger partial charge in [-0.3, -0.25) is 4.79 Å². The minimum absolute atomic E-state index is 0.0249. The van der Waals surface area contributed by atoms with E-state index < -0.39 is 5.82 Å². The summed E-state index contributed by atoms with van der Waals surface area (Å²) < 4.78 is 28.9. The summed E-state index contributed by atoms with van der Waals surface area (Å²) >= 11 is 5.72. The van der Waals surface area contributed by atoms with Crippen LogP contribution in [0.15, 0.2) is 30.3 Å². The number of rotatable bonds is 8. The lowest BCUT2D eigenvalue weighted by molar-refractivity contribution is -0.115. The predicted molar refractivity (Wildman–Crippen MR) is 99.2 cm³/mol. The van der Waals surface area contributed by atoms with Gasteiger partial charge in [-0.05, 0) is 18.2 Å². The SMILES string of the molecule is COc1cc(NC(=O)CCNc2ccc(F)c(Cl)c2)cc(OC)c1OC. The molecule has 0 unspecified atom stereocenters. The van der Waals surface area contributed by atoms with Gasteiger partial charge >= 0.3 is 0 Å². The van der Waals surface area contributed by atoms with E-state index in [1.54, 1.807) is 18.2 Å². The summed E-state index contributed by atoms with van der Waals surface area (Å²) in [6.45, 7) is 0.359. The van der Waals surface area contributed by atoms with Gasteiger partial charge in [0.25, 0.3) is 0 Å². The molecule has 0 spiro atoms. The Morgan fingerprint density at radius 1 is 1.04 bits per heavy atom. The number of hydrogen-bond acceptors (Lipinski definition) is 5. The summed E-state index contributed by atoms with van der Waals surface area (Å²) in [6.07, 6.45) is 0.200. The summed E-state index contributed by atoms with van der Waals surface area (Å²) in [6, 6.07) is 7.58. The molecule has 0 aliphatic heterocycles. The molecule has 0 fully saturated rings. The monoisotopic (exact) mass is 382 g/mol. The number of benzene rings is 2. The Balaban J connectivity index is 1.95. The highest BCUT2D eigenvalue weighted by atomic mass is 35.5. The summed E-state index contributed by atoms with van der Waals surface area (Å²) in [7, 11) is 4.51. The number of hydrogen-bond donors (Lipinski definition) is 2. The minimum Gasteiger partial charge on any atom is -0.493 e. The van der Waals surface area contributed by atoms with E-state index in [4.69, 9.17) is 25.8 Å². The van der Waals surface area contributed by atoms with Crippen LogP contribution in [-0.2, 0) is 4.79 Å². The molecule has 0 aromatic heterocycles. The molecule has 2 N–H and O–H groups in total. The van der Waals surface area contributed by atoms with Crippen molar-refractivity contribution in [1.29, 1.82) is 0 Å². The van der Waals surface area contributed by atoms with Gasteiger partial charge in [-0.25, -0.2) is 4.39 Å². The van der Waals surface area contributed by atoms with Gasteiger partial charge < -0.3 is 24.8 Å². The maximum absolute atomic E-state index is 13.1. The normalized spacial score (nSPS) is 10.2. The average molecular weight is 383 g/mol. The first-order valence-corrected chi connectivity index (χ1v) is 8.15. The molecule has 0 aliphatic carbocycles. The zero-order valence-electron chi connectivity index (χ0n) is 14.7. The van der Waals surface area contributed by atoms with Crippen molar-refractivity contribution >= 4 is 28.9 Å². The molecule has 2 rings (SSSR count). The van der Waals surface area contributed by atoms with Crippen molar-refractivity contribution in [2.45, 2.75) is 6.42 Å². The Morgan fingerprint density at radius 2 is 1.69 bits per heavy atom. The standard InChI is InChI=1S/C18H20ClFN2O4/c1-24-15-9-12(10-16(25-2)18(15)26-3)22-17(23)6-7-21-11-4-5-14(20)13(19)8-11/h4-5,8-10,21H,6-7H2,1-3H3,(H,22,23). The number of methoxy groups -OCH3 is 3. The van der Waals surface area contributed by atoms with Crippen molar-refractivity contribution in [1.82, 2.24) is 0 Å². The molecule has 6 nitrogen and oxygen atoms in total. The number of amides is 1. The zero-order chi connectivity index (χ0) is 19.1. The van der Waals surface area contributed by atoms with E-state index >= 15 is 0 Å². The first kappa shape index (κ1) is 19.7. The Morgan fingerprint density at radius 3 is 2.23 bits per heavy atom. The van der Waals surface area contributed by atoms with E-state index in [1.807, 2.05) is 0 Å². The average Bonchev–Trinajstić information content (AvgIpc) is 2.63. The molecule has 0 bridgehead atoms. The van der Waals surface area contributed by atoms with Gasteiger partial charge in [0, 0.05) is 36.5 Å². The van der Waals surface area contributed by atoms with Gasteiger partial charge in [-0.15, -0.1) is 0 Å². The van der Waals surface area contributed by atoms with Crippen molar-refractivity contribution in [2.24, 2.45) is 0 Å². The Bertz CT molecular complexity index is 761. The highest BCUT2D eigenvalue weighted by molar-refractivity contribution is 6.31. The molecule has 0 atom stereocenters. The van der Waals surface area contributed by atoms with E-state index in [0.717, 1.165) is 0 Å². The minimum atomic E-state index is -0.489. The van der Waals surface area contributed by atoms with Crippen molar-refractivity contribution < 1.29 is 23.4 Å². The number of halogens is 2. The fourth-order valence-electron chi connectivity index (χ4n) is 2.30. The maximum Gasteiger partial charge on any atom is 0.226 e. The van der Waals surface area contributed by atoms with Gasteiger partial charge in [0.2, 0.25) is 11.7 Å². The first-order valence-electron chi connectivity index (χ1n) is 7.77. The van der Waals surface area contributed by atoms with Crippen molar-refractivity contribution in [3.05, 3.63) is 41.2 Å². The summed E-state index contributed by atoms with van der Waals surface area (Å²) in [4.78, 5) is 12.1. The van der Waals surface area contributed by atoms with E-state index in [-0.39, 0.29) is 17.4 Å². The molecule has 0 saturated carbocycles. The summed E-state index contributed by atoms with van der Waals surface area (Å²) in [5.41, 5.74) is 1.16. The molecule has 26 heavy (non-hydrogen) atoms. The second-order valence-electron chi connectivity index (χ2n) is 5.27. The lowest BCUT2D eigenvalue weighted by Gasteiger charge is -2.14. The van der Waals surface area contributed by atoms with Crippen molar-refractivity contribution in [3.63, 3.8) is 0 Å². The molecule has 2 aromatic carbocycles. The second-order valence-corrected chi connectivity index (χ2v) is 5.68. The van der Waals surface area contributed by atoms with Crippen LogP contribution in [0.25, 0.3) is 0 Å². The predicted octanol–water partition coefficient (Wildman–Crippen LogP) is 3.95. The molecule has 140 valence electrons. The van der Waals surface area contributed by atoms with Gasteiger partial charge in [0.15, 0.2) is 11.5 Å². The lowest BCUT2D eigenvalue weighted by atomic mass is 10.2. The third-order valence-corrected chi connectivity index (χ3v) is 3.84. The maximum atomic E-state index is 13.1. The Labute approximate surface area is 156 Å². The van der Waals surface area contributed by atoms with E-state index in [0.29, 0.717) is 35.2 Å². The van der Waals surface area contributed by atoms with E-state index in [9.17, 15) is 9.18 Å². The van der Waals surface area contributed by atoms with Crippen LogP contribution < -0.4 is 24.8 Å². The third kappa shape index (κ3) is 4.92. The van der Waals surface area contributed by atoms with Gasteiger partial charge in [0.05, 0.1) is 26.4 Å². The molecule has 0 heterocycles. The number of nitrogens with one attached hydrogen (secondary N) is 2. The largest absolute Gasteiger partial charge is 0.493 e. The van der Waals surface area contributed by atoms with Gasteiger partial charge in [-0.1, -0.05) is 11.6 Å². The van der Waals surface area contributed by atoms with Crippen LogP contribution in [0, 0.1) is 5.82 Å². The number of carbonyl (C=O) groups excluding carboxylic acids is 1. The van der Waals surface area contributed by atoms with Crippen LogP contribution in [-0.4, -0.2) is 33.8 Å².